The number of phosphoric ester groups is 1. The molecule has 0 aromatic rings. The topological polar surface area (TPSA) is 111 Å². The van der Waals surface area contributed by atoms with Crippen molar-refractivity contribution in [3.63, 3.8) is 0 Å². The van der Waals surface area contributed by atoms with Gasteiger partial charge in [0.25, 0.3) is 7.82 Å². The zero-order valence-corrected chi connectivity index (χ0v) is 37.8. The van der Waals surface area contributed by atoms with Crippen LogP contribution in [0.15, 0.2) is 97.2 Å². The van der Waals surface area contributed by atoms with Crippen LogP contribution in [0, 0.1) is 0 Å². The fraction of sp³-hybridized carbons (Fsp3) is 0.625. The number of ether oxygens (including phenoxy) is 2. The SMILES string of the molecule is CC/C=C/C/C=C/C/C=C/C/C=C/C/C=C/C/C=C/CCC(=O)OC[C@H](COP(=O)([O-])OCC[N+](C)(C)C)OC(=O)CCCCCCC/C=C/C/C=C/CCCCC. The van der Waals surface area contributed by atoms with Crippen LogP contribution in [0.3, 0.4) is 0 Å². The third kappa shape index (κ3) is 42.5. The van der Waals surface area contributed by atoms with Gasteiger partial charge in [0.15, 0.2) is 6.10 Å². The van der Waals surface area contributed by atoms with Crippen LogP contribution >= 0.6 is 7.82 Å². The third-order valence-electron chi connectivity index (χ3n) is 8.60. The molecule has 0 rings (SSSR count). The smallest absolute Gasteiger partial charge is 0.306 e. The lowest BCUT2D eigenvalue weighted by Crippen LogP contribution is -2.37. The van der Waals surface area contributed by atoms with Gasteiger partial charge in [-0.2, -0.15) is 0 Å². The van der Waals surface area contributed by atoms with Gasteiger partial charge in [-0.3, -0.25) is 14.2 Å². The van der Waals surface area contributed by atoms with Crippen LogP contribution in [-0.2, 0) is 32.7 Å². The Hall–Kier alpha value is -3.07. The van der Waals surface area contributed by atoms with E-state index in [9.17, 15) is 19.0 Å². The van der Waals surface area contributed by atoms with Crippen LogP contribution in [0.1, 0.15) is 142 Å². The Morgan fingerprint density at radius 2 is 1.02 bits per heavy atom. The first-order valence-electron chi connectivity index (χ1n) is 21.9. The molecule has 0 aliphatic rings. The lowest BCUT2D eigenvalue weighted by Gasteiger charge is -2.28. The quantitative estimate of drug-likeness (QED) is 0.0199. The summed E-state index contributed by atoms with van der Waals surface area (Å²) >= 11 is 0. The standard InChI is InChI=1S/C48H80NO8P/c1-6-8-10-12-14-16-18-20-22-23-24-25-27-28-30-32-34-36-38-40-47(50)54-44-46(45-56-58(52,53)55-43-42-49(3,4)5)57-48(51)41-39-37-35-33-31-29-26-21-19-17-15-13-11-9-7-2/h8,10,14-17,20-22,24-26,28,30,34,36,46H,6-7,9,11-13,18-19,23,27,29,31-33,35,37-45H2,1-5H3/b10-8+,16-14+,17-15+,22-20+,25-24+,26-21+,30-28+,36-34+/t46-/m1/s1. The molecule has 0 saturated heterocycles. The molecule has 58 heavy (non-hydrogen) atoms. The van der Waals surface area contributed by atoms with Gasteiger partial charge < -0.3 is 27.9 Å². The molecule has 0 aromatic heterocycles. The summed E-state index contributed by atoms with van der Waals surface area (Å²) < 4.78 is 33.8. The van der Waals surface area contributed by atoms with E-state index < -0.39 is 32.5 Å². The highest BCUT2D eigenvalue weighted by atomic mass is 31.2. The van der Waals surface area contributed by atoms with E-state index in [0.29, 0.717) is 23.9 Å². The zero-order valence-electron chi connectivity index (χ0n) is 36.9. The first-order chi connectivity index (χ1) is 28.0. The van der Waals surface area contributed by atoms with E-state index >= 15 is 0 Å². The monoisotopic (exact) mass is 830 g/mol. The van der Waals surface area contributed by atoms with Crippen molar-refractivity contribution < 1.29 is 42.1 Å². The minimum absolute atomic E-state index is 0.0505. The Morgan fingerprint density at radius 1 is 0.552 bits per heavy atom. The summed E-state index contributed by atoms with van der Waals surface area (Å²) in [6.07, 6.45) is 51.6. The molecule has 0 bridgehead atoms. The molecule has 0 spiro atoms. The maximum Gasteiger partial charge on any atom is 0.306 e. The van der Waals surface area contributed by atoms with Crippen LogP contribution in [0.5, 0.6) is 0 Å². The summed E-state index contributed by atoms with van der Waals surface area (Å²) in [5.74, 6) is -0.959. The summed E-state index contributed by atoms with van der Waals surface area (Å²) in [7, 11) is 1.10. The van der Waals surface area contributed by atoms with Crippen molar-refractivity contribution in [2.75, 3.05) is 47.5 Å². The van der Waals surface area contributed by atoms with Gasteiger partial charge in [-0.1, -0.05) is 143 Å². The number of allylic oxidation sites excluding steroid dienone is 16. The van der Waals surface area contributed by atoms with Gasteiger partial charge in [0.1, 0.15) is 19.8 Å². The Labute approximate surface area is 353 Å². The summed E-state index contributed by atoms with van der Waals surface area (Å²) in [6.45, 7) is 3.95. The van der Waals surface area contributed by atoms with Gasteiger partial charge >= 0.3 is 11.9 Å². The zero-order chi connectivity index (χ0) is 42.8. The number of carbonyl (C=O) groups is 2. The predicted molar refractivity (Wildman–Crippen MR) is 240 cm³/mol. The van der Waals surface area contributed by atoms with E-state index in [2.05, 4.69) is 98.9 Å². The molecule has 10 heteroatoms. The van der Waals surface area contributed by atoms with Gasteiger partial charge in [0.05, 0.1) is 27.7 Å². The molecule has 0 heterocycles. The van der Waals surface area contributed by atoms with Gasteiger partial charge in [0.2, 0.25) is 0 Å². The summed E-state index contributed by atoms with van der Waals surface area (Å²) in [6, 6.07) is 0. The largest absolute Gasteiger partial charge is 0.756 e. The molecule has 0 aliphatic carbocycles. The first kappa shape index (κ1) is 54.9. The maximum absolute atomic E-state index is 12.7. The Bertz CT molecular complexity index is 1300. The fourth-order valence-corrected chi connectivity index (χ4v) is 5.91. The predicted octanol–water partition coefficient (Wildman–Crippen LogP) is 11.9. The molecule has 0 aromatic carbocycles. The number of carbonyl (C=O) groups excluding carboxylic acids is 2. The van der Waals surface area contributed by atoms with Crippen molar-refractivity contribution in [3.8, 4) is 0 Å². The Balaban J connectivity index is 4.53. The number of unbranched alkanes of at least 4 members (excludes halogenated alkanes) is 8. The molecular formula is C48H80NO8P. The summed E-state index contributed by atoms with van der Waals surface area (Å²) in [5.41, 5.74) is 0. The maximum atomic E-state index is 12.7. The van der Waals surface area contributed by atoms with Gasteiger partial charge in [-0.15, -0.1) is 0 Å². The van der Waals surface area contributed by atoms with Crippen molar-refractivity contribution >= 4 is 19.8 Å². The van der Waals surface area contributed by atoms with Crippen molar-refractivity contribution in [3.05, 3.63) is 97.2 Å². The first-order valence-corrected chi connectivity index (χ1v) is 23.4. The van der Waals surface area contributed by atoms with E-state index in [1.165, 1.54) is 19.3 Å². The number of phosphoric acid groups is 1. The Morgan fingerprint density at radius 3 is 1.53 bits per heavy atom. The van der Waals surface area contributed by atoms with Crippen molar-refractivity contribution in [1.82, 2.24) is 0 Å². The lowest BCUT2D eigenvalue weighted by atomic mass is 10.1. The molecule has 330 valence electrons. The van der Waals surface area contributed by atoms with E-state index in [1.807, 2.05) is 33.3 Å². The van der Waals surface area contributed by atoms with Crippen molar-refractivity contribution in [2.24, 2.45) is 0 Å². The van der Waals surface area contributed by atoms with Crippen molar-refractivity contribution in [2.45, 2.75) is 148 Å². The molecule has 0 aliphatic heterocycles. The van der Waals surface area contributed by atoms with Gasteiger partial charge in [0, 0.05) is 12.8 Å². The minimum atomic E-state index is -4.65. The number of hydrogen-bond acceptors (Lipinski definition) is 8. The molecule has 0 amide bonds. The third-order valence-corrected chi connectivity index (χ3v) is 9.57. The molecule has 0 saturated carbocycles. The number of esters is 2. The molecule has 1 unspecified atom stereocenters. The Kier molecular flexibility index (Phi) is 37.3. The molecular weight excluding hydrogens is 750 g/mol. The summed E-state index contributed by atoms with van der Waals surface area (Å²) in [4.78, 5) is 37.5. The van der Waals surface area contributed by atoms with Crippen LogP contribution < -0.4 is 4.89 Å². The van der Waals surface area contributed by atoms with E-state index in [1.54, 1.807) is 0 Å². The highest BCUT2D eigenvalue weighted by Crippen LogP contribution is 2.38. The van der Waals surface area contributed by atoms with Crippen LogP contribution in [-0.4, -0.2) is 70.0 Å². The average molecular weight is 830 g/mol. The second-order valence-electron chi connectivity index (χ2n) is 15.3. The summed E-state index contributed by atoms with van der Waals surface area (Å²) in [5, 5.41) is 0. The fourth-order valence-electron chi connectivity index (χ4n) is 5.18. The normalized spacial score (nSPS) is 14.5. The highest BCUT2D eigenvalue weighted by molar-refractivity contribution is 7.45. The minimum Gasteiger partial charge on any atom is -0.756 e. The molecule has 0 fully saturated rings. The number of hydrogen-bond donors (Lipinski definition) is 0. The lowest BCUT2D eigenvalue weighted by molar-refractivity contribution is -0.870. The number of quaternary nitrogens is 1. The van der Waals surface area contributed by atoms with E-state index in [0.717, 1.165) is 83.5 Å². The van der Waals surface area contributed by atoms with E-state index in [-0.39, 0.29) is 26.1 Å². The van der Waals surface area contributed by atoms with Crippen molar-refractivity contribution in [1.29, 1.82) is 0 Å². The van der Waals surface area contributed by atoms with Gasteiger partial charge in [-0.05, 0) is 83.5 Å². The molecule has 9 nitrogen and oxygen atoms in total. The average Bonchev–Trinajstić information content (AvgIpc) is 3.17. The van der Waals surface area contributed by atoms with Gasteiger partial charge in [-0.25, -0.2) is 0 Å². The molecule has 0 radical (unpaired) electrons. The molecule has 0 N–H and O–H groups in total. The highest BCUT2D eigenvalue weighted by Gasteiger charge is 2.21. The second-order valence-corrected chi connectivity index (χ2v) is 16.7. The van der Waals surface area contributed by atoms with Crippen LogP contribution in [0.2, 0.25) is 0 Å². The van der Waals surface area contributed by atoms with Crippen LogP contribution in [0.4, 0.5) is 0 Å². The van der Waals surface area contributed by atoms with Crippen LogP contribution in [0.25, 0.3) is 0 Å². The second kappa shape index (κ2) is 39.4. The number of likely N-dealkylation sites (N-methyl/N-ethyl adjacent to an activating group) is 1. The van der Waals surface area contributed by atoms with E-state index in [4.69, 9.17) is 18.5 Å². The number of nitrogens with zero attached hydrogens (tertiary/aromatic N) is 1. The molecule has 2 atom stereocenters. The number of rotatable bonds is 38.